The first kappa shape index (κ1) is 21.7. The highest BCUT2D eigenvalue weighted by Crippen LogP contribution is 2.38. The molecule has 0 radical (unpaired) electrons. The summed E-state index contributed by atoms with van der Waals surface area (Å²) in [6.07, 6.45) is 2.33. The highest BCUT2D eigenvalue weighted by molar-refractivity contribution is 6.04. The van der Waals surface area contributed by atoms with Gasteiger partial charge in [0.2, 0.25) is 0 Å². The first-order valence-corrected chi connectivity index (χ1v) is 11.1. The third-order valence-electron chi connectivity index (χ3n) is 5.85. The molecule has 9 nitrogen and oxygen atoms in total. The molecule has 174 valence electrons. The minimum Gasteiger partial charge on any atom is -0.493 e. The second-order valence-electron chi connectivity index (χ2n) is 8.31. The van der Waals surface area contributed by atoms with Crippen LogP contribution in [0.15, 0.2) is 47.0 Å². The monoisotopic (exact) mass is 459 g/mol. The molecule has 2 N–H and O–H groups in total. The maximum Gasteiger partial charge on any atom is 0.255 e. The number of rotatable bonds is 8. The Balaban J connectivity index is 1.24. The number of nitrogens with one attached hydrogen (secondary N) is 2. The Bertz CT molecular complexity index is 1300. The van der Waals surface area contributed by atoms with Gasteiger partial charge in [-0.2, -0.15) is 5.10 Å². The first-order chi connectivity index (χ1) is 16.5. The second kappa shape index (κ2) is 9.01. The molecule has 0 aliphatic heterocycles. The Morgan fingerprint density at radius 2 is 1.94 bits per heavy atom. The van der Waals surface area contributed by atoms with E-state index >= 15 is 0 Å². The molecule has 34 heavy (non-hydrogen) atoms. The lowest BCUT2D eigenvalue weighted by atomic mass is 10.1. The van der Waals surface area contributed by atoms with Crippen molar-refractivity contribution in [1.82, 2.24) is 20.3 Å². The van der Waals surface area contributed by atoms with E-state index in [1.165, 1.54) is 20.0 Å². The number of carbonyl (C=O) groups excluding carboxylic acids is 1. The molecule has 1 fully saturated rings. The van der Waals surface area contributed by atoms with Gasteiger partial charge in [-0.25, -0.2) is 4.98 Å². The third kappa shape index (κ3) is 4.50. The van der Waals surface area contributed by atoms with Gasteiger partial charge in [0.05, 0.1) is 18.4 Å². The van der Waals surface area contributed by atoms with E-state index in [1.54, 1.807) is 18.2 Å². The summed E-state index contributed by atoms with van der Waals surface area (Å²) in [7, 11) is 1.54. The number of aryl methyl sites for hydroxylation is 2. The van der Waals surface area contributed by atoms with Crippen molar-refractivity contribution in [1.29, 1.82) is 0 Å². The second-order valence-corrected chi connectivity index (χ2v) is 8.31. The molecule has 0 unspecified atom stereocenters. The predicted octanol–water partition coefficient (Wildman–Crippen LogP) is 4.79. The van der Waals surface area contributed by atoms with E-state index in [4.69, 9.17) is 14.0 Å². The molecule has 2 aromatic heterocycles. The summed E-state index contributed by atoms with van der Waals surface area (Å²) in [6, 6.07) is 12.5. The van der Waals surface area contributed by atoms with Gasteiger partial charge in [-0.15, -0.1) is 0 Å². The van der Waals surface area contributed by atoms with Gasteiger partial charge in [0.15, 0.2) is 17.3 Å². The molecule has 2 aromatic carbocycles. The summed E-state index contributed by atoms with van der Waals surface area (Å²) in [5.41, 5.74) is 3.69. The molecule has 0 spiro atoms. The van der Waals surface area contributed by atoms with Gasteiger partial charge >= 0.3 is 0 Å². The van der Waals surface area contributed by atoms with E-state index < -0.39 is 0 Å². The highest BCUT2D eigenvalue weighted by Gasteiger charge is 2.27. The van der Waals surface area contributed by atoms with Crippen LogP contribution in [0.5, 0.6) is 11.5 Å². The SMILES string of the molecule is COc1cc(C(=O)Nc2ccc(-c3n[nH]c(C4CC4)n3)cc2)ccc1OCc1c(C)noc1C. The summed E-state index contributed by atoms with van der Waals surface area (Å²) in [5.74, 6) is 3.58. The van der Waals surface area contributed by atoms with Crippen molar-refractivity contribution < 1.29 is 18.8 Å². The lowest BCUT2D eigenvalue weighted by molar-refractivity contribution is 0.102. The number of nitrogens with zero attached hydrogens (tertiary/aromatic N) is 3. The van der Waals surface area contributed by atoms with E-state index in [-0.39, 0.29) is 5.91 Å². The highest BCUT2D eigenvalue weighted by atomic mass is 16.5. The Morgan fingerprint density at radius 1 is 1.15 bits per heavy atom. The number of ether oxygens (including phenoxy) is 2. The van der Waals surface area contributed by atoms with Crippen molar-refractivity contribution in [3.63, 3.8) is 0 Å². The van der Waals surface area contributed by atoms with Crippen molar-refractivity contribution in [2.24, 2.45) is 0 Å². The van der Waals surface area contributed by atoms with Gasteiger partial charge < -0.3 is 19.3 Å². The molecule has 1 amide bonds. The molecule has 1 saturated carbocycles. The molecule has 4 aromatic rings. The van der Waals surface area contributed by atoms with Crippen molar-refractivity contribution in [2.75, 3.05) is 12.4 Å². The van der Waals surface area contributed by atoms with Crippen LogP contribution in [0.4, 0.5) is 5.69 Å². The Morgan fingerprint density at radius 3 is 2.62 bits per heavy atom. The molecular formula is C25H25N5O4. The van der Waals surface area contributed by atoms with Crippen molar-refractivity contribution in [3.8, 4) is 22.9 Å². The zero-order valence-electron chi connectivity index (χ0n) is 19.2. The number of anilines is 1. The number of hydrogen-bond acceptors (Lipinski definition) is 7. The van der Waals surface area contributed by atoms with Gasteiger partial charge in [0, 0.05) is 22.7 Å². The number of H-pyrrole nitrogens is 1. The lowest BCUT2D eigenvalue weighted by Crippen LogP contribution is -2.12. The third-order valence-corrected chi connectivity index (χ3v) is 5.85. The van der Waals surface area contributed by atoms with Gasteiger partial charge in [0.25, 0.3) is 5.91 Å². The summed E-state index contributed by atoms with van der Waals surface area (Å²) >= 11 is 0. The molecule has 2 heterocycles. The minimum absolute atomic E-state index is 0.253. The zero-order valence-corrected chi connectivity index (χ0v) is 19.2. The number of methoxy groups -OCH3 is 1. The van der Waals surface area contributed by atoms with Crippen LogP contribution in [-0.2, 0) is 6.61 Å². The fourth-order valence-corrected chi connectivity index (χ4v) is 3.63. The summed E-state index contributed by atoms with van der Waals surface area (Å²) in [6.45, 7) is 4.00. The van der Waals surface area contributed by atoms with Crippen LogP contribution in [0, 0.1) is 13.8 Å². The molecule has 0 atom stereocenters. The van der Waals surface area contributed by atoms with Crippen molar-refractivity contribution in [2.45, 2.75) is 39.2 Å². The smallest absolute Gasteiger partial charge is 0.255 e. The summed E-state index contributed by atoms with van der Waals surface area (Å²) in [5, 5.41) is 14.1. The van der Waals surface area contributed by atoms with E-state index in [0.29, 0.717) is 46.9 Å². The molecule has 1 aliphatic carbocycles. The Kier molecular flexibility index (Phi) is 5.75. The van der Waals surface area contributed by atoms with Crippen molar-refractivity contribution >= 4 is 11.6 Å². The number of benzene rings is 2. The zero-order chi connectivity index (χ0) is 23.7. The fraction of sp³-hybridized carbons (Fsp3) is 0.280. The normalized spacial score (nSPS) is 13.0. The number of carbonyl (C=O) groups is 1. The number of hydrogen-bond donors (Lipinski definition) is 2. The molecule has 0 saturated heterocycles. The standard InChI is InChI=1S/C25H25N5O4/c1-14-20(15(2)34-30-14)13-33-21-11-8-18(12-22(21)32-3)25(31)26-19-9-6-17(7-10-19)24-27-23(28-29-24)16-4-5-16/h6-12,16H,4-5,13H2,1-3H3,(H,26,31)(H,27,28,29). The van der Waals surface area contributed by atoms with Gasteiger partial charge in [-0.05, 0) is 69.2 Å². The van der Waals surface area contributed by atoms with Crippen molar-refractivity contribution in [3.05, 3.63) is 70.9 Å². The summed E-state index contributed by atoms with van der Waals surface area (Å²) < 4.78 is 16.5. The van der Waals surface area contributed by atoms with Crippen LogP contribution < -0.4 is 14.8 Å². The largest absolute Gasteiger partial charge is 0.493 e. The predicted molar refractivity (Wildman–Crippen MR) is 125 cm³/mol. The fourth-order valence-electron chi connectivity index (χ4n) is 3.63. The molecular weight excluding hydrogens is 434 g/mol. The van der Waals surface area contributed by atoms with E-state index in [2.05, 4.69) is 25.7 Å². The van der Waals surface area contributed by atoms with E-state index in [0.717, 1.165) is 22.6 Å². The van der Waals surface area contributed by atoms with Gasteiger partial charge in [-0.1, -0.05) is 5.16 Å². The molecule has 1 aliphatic rings. The first-order valence-electron chi connectivity index (χ1n) is 11.1. The van der Waals surface area contributed by atoms with Crippen LogP contribution in [0.25, 0.3) is 11.4 Å². The number of amides is 1. The van der Waals surface area contributed by atoms with E-state index in [9.17, 15) is 4.79 Å². The quantitative estimate of drug-likeness (QED) is 0.389. The molecule has 0 bridgehead atoms. The van der Waals surface area contributed by atoms with Crippen LogP contribution in [0.3, 0.4) is 0 Å². The molecule has 5 rings (SSSR count). The number of aromatic nitrogens is 4. The van der Waals surface area contributed by atoms with Gasteiger partial charge in [-0.3, -0.25) is 9.89 Å². The minimum atomic E-state index is -0.253. The van der Waals surface area contributed by atoms with Crippen LogP contribution in [0.2, 0.25) is 0 Å². The van der Waals surface area contributed by atoms with Crippen LogP contribution in [0.1, 0.15) is 52.0 Å². The maximum absolute atomic E-state index is 12.8. The summed E-state index contributed by atoms with van der Waals surface area (Å²) in [4.78, 5) is 17.4. The van der Waals surface area contributed by atoms with E-state index in [1.807, 2.05) is 38.1 Å². The van der Waals surface area contributed by atoms with Gasteiger partial charge in [0.1, 0.15) is 18.2 Å². The topological polar surface area (TPSA) is 115 Å². The Hall–Kier alpha value is -4.14. The van der Waals surface area contributed by atoms with Crippen LogP contribution in [-0.4, -0.2) is 33.4 Å². The lowest BCUT2D eigenvalue weighted by Gasteiger charge is -2.12. The maximum atomic E-state index is 12.8. The average molecular weight is 460 g/mol. The average Bonchev–Trinajstić information content (AvgIpc) is 3.50. The molecule has 9 heteroatoms. The van der Waals surface area contributed by atoms with Crippen LogP contribution >= 0.6 is 0 Å². The number of aromatic amines is 1. The Labute approximate surface area is 196 Å².